The molecule has 0 spiro atoms. The number of carbonyl (C=O) groups is 1. The molecule has 3 aromatic rings. The fraction of sp³-hybridized carbons (Fsp3) is 0.0952. The van der Waals surface area contributed by atoms with E-state index in [4.69, 9.17) is 11.6 Å². The monoisotopic (exact) mass is 446 g/mol. The third-order valence-corrected chi connectivity index (χ3v) is 7.04. The SMILES string of the molecule is CSc1cccc(N2C(=O)N(Cc3ccc(F)cc3Cl)c3ccccc3[S+]2[O-])c1. The van der Waals surface area contributed by atoms with Gasteiger partial charge in [0.1, 0.15) is 22.9 Å². The highest BCUT2D eigenvalue weighted by atomic mass is 35.5. The van der Waals surface area contributed by atoms with Crippen LogP contribution in [0.1, 0.15) is 5.56 Å². The van der Waals surface area contributed by atoms with Gasteiger partial charge in [-0.2, -0.15) is 0 Å². The van der Waals surface area contributed by atoms with Crippen LogP contribution in [-0.2, 0) is 17.9 Å². The van der Waals surface area contributed by atoms with Gasteiger partial charge in [-0.05, 0) is 54.3 Å². The summed E-state index contributed by atoms with van der Waals surface area (Å²) in [7, 11) is 0. The van der Waals surface area contributed by atoms with Crippen molar-refractivity contribution in [3.8, 4) is 0 Å². The number of halogens is 2. The van der Waals surface area contributed by atoms with Crippen molar-refractivity contribution in [2.45, 2.75) is 16.3 Å². The number of benzene rings is 3. The fourth-order valence-corrected chi connectivity index (χ4v) is 5.10. The van der Waals surface area contributed by atoms with Crippen LogP contribution in [0.2, 0.25) is 5.02 Å². The Morgan fingerprint density at radius 1 is 1.10 bits per heavy atom. The van der Waals surface area contributed by atoms with E-state index in [-0.39, 0.29) is 11.6 Å². The average Bonchev–Trinajstić information content (AvgIpc) is 2.73. The number of hydrogen-bond acceptors (Lipinski definition) is 3. The number of rotatable bonds is 4. The molecule has 4 rings (SSSR count). The van der Waals surface area contributed by atoms with Crippen LogP contribution in [-0.4, -0.2) is 16.8 Å². The number of para-hydroxylation sites is 1. The Morgan fingerprint density at radius 2 is 1.90 bits per heavy atom. The van der Waals surface area contributed by atoms with E-state index in [1.807, 2.05) is 24.5 Å². The first-order valence-corrected chi connectivity index (χ1v) is 11.4. The first-order valence-electron chi connectivity index (χ1n) is 8.70. The summed E-state index contributed by atoms with van der Waals surface area (Å²) in [5.74, 6) is -0.444. The van der Waals surface area contributed by atoms with E-state index in [1.165, 1.54) is 33.1 Å². The molecule has 1 atom stereocenters. The van der Waals surface area contributed by atoms with Crippen LogP contribution in [0.15, 0.2) is 76.5 Å². The zero-order chi connectivity index (χ0) is 20.5. The normalized spacial score (nSPS) is 16.1. The van der Waals surface area contributed by atoms with Gasteiger partial charge in [0.05, 0.1) is 12.2 Å². The second-order valence-electron chi connectivity index (χ2n) is 6.32. The van der Waals surface area contributed by atoms with E-state index in [0.717, 1.165) is 4.90 Å². The van der Waals surface area contributed by atoms with Gasteiger partial charge in [0.2, 0.25) is 4.90 Å². The van der Waals surface area contributed by atoms with Crippen LogP contribution in [0, 0.1) is 5.82 Å². The molecule has 4 nitrogen and oxygen atoms in total. The summed E-state index contributed by atoms with van der Waals surface area (Å²) in [5, 5.41) is 0.234. The molecule has 0 bridgehead atoms. The standard InChI is InChI=1S/C21H16ClFN2O2S2/c1-28-17-6-4-5-16(12-17)25-21(26)24(13-14-9-10-15(23)11-18(14)22)19-7-2-3-8-20(19)29(25)27/h2-12H,13H2,1H3. The van der Waals surface area contributed by atoms with Crippen molar-refractivity contribution in [1.29, 1.82) is 0 Å². The van der Waals surface area contributed by atoms with E-state index < -0.39 is 23.2 Å². The molecule has 0 radical (unpaired) electrons. The summed E-state index contributed by atoms with van der Waals surface area (Å²) in [5.41, 5.74) is 1.69. The third kappa shape index (κ3) is 3.83. The number of nitrogens with zero attached hydrogens (tertiary/aromatic N) is 2. The largest absolute Gasteiger partial charge is 0.587 e. The van der Waals surface area contributed by atoms with Crippen molar-refractivity contribution >= 4 is 52.1 Å². The van der Waals surface area contributed by atoms with Gasteiger partial charge in [-0.15, -0.1) is 16.1 Å². The summed E-state index contributed by atoms with van der Waals surface area (Å²) in [4.78, 5) is 16.4. The number of carbonyl (C=O) groups excluding carboxylic acids is 1. The highest BCUT2D eigenvalue weighted by Crippen LogP contribution is 2.39. The predicted octanol–water partition coefficient (Wildman–Crippen LogP) is 5.87. The summed E-state index contributed by atoms with van der Waals surface area (Å²) in [6.45, 7) is 0.130. The van der Waals surface area contributed by atoms with Gasteiger partial charge in [-0.1, -0.05) is 35.9 Å². The third-order valence-electron chi connectivity index (χ3n) is 4.55. The highest BCUT2D eigenvalue weighted by molar-refractivity contribution is 7.98. The fourth-order valence-electron chi connectivity index (χ4n) is 3.13. The molecule has 8 heteroatoms. The van der Waals surface area contributed by atoms with Crippen LogP contribution in [0.25, 0.3) is 0 Å². The van der Waals surface area contributed by atoms with Crippen LogP contribution in [0.4, 0.5) is 20.6 Å². The zero-order valence-electron chi connectivity index (χ0n) is 15.3. The van der Waals surface area contributed by atoms with Gasteiger partial charge < -0.3 is 4.55 Å². The molecule has 3 aromatic carbocycles. The van der Waals surface area contributed by atoms with Gasteiger partial charge in [-0.3, -0.25) is 4.90 Å². The lowest BCUT2D eigenvalue weighted by atomic mass is 10.2. The Hall–Kier alpha value is -2.19. The second-order valence-corrected chi connectivity index (χ2v) is 8.91. The minimum atomic E-state index is -1.69. The highest BCUT2D eigenvalue weighted by Gasteiger charge is 2.42. The van der Waals surface area contributed by atoms with Gasteiger partial charge in [-0.25, -0.2) is 9.18 Å². The minimum absolute atomic E-state index is 0.130. The Labute approximate surface area is 180 Å². The molecule has 0 aliphatic carbocycles. The van der Waals surface area contributed by atoms with Gasteiger partial charge in [0, 0.05) is 9.92 Å². The number of urea groups is 1. The van der Waals surface area contributed by atoms with Gasteiger partial charge in [0.15, 0.2) is 0 Å². The molecule has 148 valence electrons. The lowest BCUT2D eigenvalue weighted by Crippen LogP contribution is -2.50. The summed E-state index contributed by atoms with van der Waals surface area (Å²) >= 11 is 6.04. The Kier molecular flexibility index (Phi) is 5.74. The van der Waals surface area contributed by atoms with Crippen molar-refractivity contribution in [1.82, 2.24) is 0 Å². The molecular formula is C21H16ClFN2O2S2. The maximum absolute atomic E-state index is 13.4. The molecule has 0 fully saturated rings. The summed E-state index contributed by atoms with van der Waals surface area (Å²) < 4.78 is 28.0. The van der Waals surface area contributed by atoms with Crippen molar-refractivity contribution in [3.63, 3.8) is 0 Å². The molecule has 29 heavy (non-hydrogen) atoms. The second kappa shape index (κ2) is 8.28. The van der Waals surface area contributed by atoms with Gasteiger partial charge >= 0.3 is 6.03 Å². The van der Waals surface area contributed by atoms with E-state index in [9.17, 15) is 13.7 Å². The summed E-state index contributed by atoms with van der Waals surface area (Å²) in [6, 6.07) is 18.0. The molecule has 1 unspecified atom stereocenters. The predicted molar refractivity (Wildman–Crippen MR) is 117 cm³/mol. The lowest BCUT2D eigenvalue weighted by Gasteiger charge is -2.36. The van der Waals surface area contributed by atoms with E-state index in [0.29, 0.717) is 21.8 Å². The van der Waals surface area contributed by atoms with E-state index >= 15 is 0 Å². The number of amides is 2. The number of fused-ring (bicyclic) bond motifs is 1. The van der Waals surface area contributed by atoms with Crippen LogP contribution < -0.4 is 9.21 Å². The van der Waals surface area contributed by atoms with E-state index in [1.54, 1.807) is 36.4 Å². The molecule has 1 aliphatic heterocycles. The molecule has 0 saturated carbocycles. The summed E-state index contributed by atoms with van der Waals surface area (Å²) in [6.07, 6.45) is 1.94. The Bertz CT molecular complexity index is 1080. The maximum atomic E-state index is 13.4. The quantitative estimate of drug-likeness (QED) is 0.372. The van der Waals surface area contributed by atoms with Crippen LogP contribution in [0.5, 0.6) is 0 Å². The topological polar surface area (TPSA) is 46.6 Å². The molecular weight excluding hydrogens is 431 g/mol. The first-order chi connectivity index (χ1) is 14.0. The smallest absolute Gasteiger partial charge is 0.371 e. The molecule has 1 heterocycles. The zero-order valence-corrected chi connectivity index (χ0v) is 17.7. The molecule has 2 amide bonds. The maximum Gasteiger partial charge on any atom is 0.371 e. The van der Waals surface area contributed by atoms with Crippen molar-refractivity contribution in [3.05, 3.63) is 83.1 Å². The Balaban J connectivity index is 1.79. The van der Waals surface area contributed by atoms with Crippen LogP contribution in [0.3, 0.4) is 0 Å². The molecule has 0 aromatic heterocycles. The molecule has 0 N–H and O–H groups in total. The van der Waals surface area contributed by atoms with E-state index in [2.05, 4.69) is 0 Å². The number of hydrogen-bond donors (Lipinski definition) is 0. The lowest BCUT2D eigenvalue weighted by molar-refractivity contribution is 0.253. The van der Waals surface area contributed by atoms with Crippen molar-refractivity contribution in [2.24, 2.45) is 0 Å². The van der Waals surface area contributed by atoms with Crippen molar-refractivity contribution in [2.75, 3.05) is 15.5 Å². The van der Waals surface area contributed by atoms with Gasteiger partial charge in [0.25, 0.3) is 0 Å². The van der Waals surface area contributed by atoms with Crippen molar-refractivity contribution < 1.29 is 13.7 Å². The first kappa shape index (κ1) is 20.1. The number of thioether (sulfide) groups is 1. The minimum Gasteiger partial charge on any atom is -0.587 e. The molecule has 1 aliphatic rings. The Morgan fingerprint density at radius 3 is 2.66 bits per heavy atom. The van der Waals surface area contributed by atoms with Crippen LogP contribution >= 0.6 is 23.4 Å². The average molecular weight is 447 g/mol. The molecule has 0 saturated heterocycles. The number of anilines is 2.